The second kappa shape index (κ2) is 5.13. The average molecular weight is 327 g/mol. The molecule has 4 N–H and O–H groups in total. The molecule has 0 saturated carbocycles. The predicted octanol–water partition coefficient (Wildman–Crippen LogP) is 3.15. The molecule has 5 rings (SSSR count). The van der Waals surface area contributed by atoms with Crippen LogP contribution in [0, 0.1) is 0 Å². The molecule has 120 valence electrons. The molecule has 25 heavy (non-hydrogen) atoms. The quantitative estimate of drug-likeness (QED) is 0.461. The summed E-state index contributed by atoms with van der Waals surface area (Å²) >= 11 is 0. The first-order valence-corrected chi connectivity index (χ1v) is 7.77. The average Bonchev–Trinajstić information content (AvgIpc) is 3.24. The molecular formula is C18H13N7. The maximum absolute atomic E-state index is 5.83. The van der Waals surface area contributed by atoms with Gasteiger partial charge in [-0.25, -0.2) is 4.98 Å². The second-order valence-corrected chi connectivity index (χ2v) is 5.82. The molecule has 7 heteroatoms. The third-order valence-corrected chi connectivity index (χ3v) is 4.14. The smallest absolute Gasteiger partial charge is 0.135 e. The number of hydrogen-bond donors (Lipinski definition) is 3. The molecule has 0 aromatic carbocycles. The zero-order chi connectivity index (χ0) is 16.8. The van der Waals surface area contributed by atoms with Crippen molar-refractivity contribution >= 4 is 27.6 Å². The van der Waals surface area contributed by atoms with Crippen LogP contribution in [0.1, 0.15) is 0 Å². The Kier molecular flexibility index (Phi) is 2.81. The van der Waals surface area contributed by atoms with Crippen molar-refractivity contribution in [2.24, 2.45) is 0 Å². The molecular weight excluding hydrogens is 314 g/mol. The third kappa shape index (κ3) is 2.21. The molecule has 0 unspecified atom stereocenters. The van der Waals surface area contributed by atoms with Crippen molar-refractivity contribution in [3.8, 4) is 22.6 Å². The van der Waals surface area contributed by atoms with Gasteiger partial charge in [-0.2, -0.15) is 5.10 Å². The van der Waals surface area contributed by atoms with Crippen LogP contribution in [-0.2, 0) is 0 Å². The van der Waals surface area contributed by atoms with Crippen molar-refractivity contribution in [1.29, 1.82) is 0 Å². The van der Waals surface area contributed by atoms with E-state index in [0.717, 1.165) is 44.6 Å². The third-order valence-electron chi connectivity index (χ3n) is 4.14. The number of anilines is 1. The Labute approximate surface area is 142 Å². The van der Waals surface area contributed by atoms with E-state index in [-0.39, 0.29) is 0 Å². The molecule has 0 radical (unpaired) electrons. The Balaban J connectivity index is 1.70. The Morgan fingerprint density at radius 3 is 2.76 bits per heavy atom. The lowest BCUT2D eigenvalue weighted by atomic mass is 10.1. The lowest BCUT2D eigenvalue weighted by Crippen LogP contribution is -1.90. The molecule has 0 bridgehead atoms. The Morgan fingerprint density at radius 1 is 0.920 bits per heavy atom. The highest BCUT2D eigenvalue weighted by Crippen LogP contribution is 2.29. The minimum Gasteiger partial charge on any atom is -0.397 e. The van der Waals surface area contributed by atoms with Crippen LogP contribution in [0.2, 0.25) is 0 Å². The lowest BCUT2D eigenvalue weighted by molar-refractivity contribution is 1.12. The Bertz CT molecular complexity index is 1190. The molecule has 0 fully saturated rings. The van der Waals surface area contributed by atoms with Crippen molar-refractivity contribution in [3.63, 3.8) is 0 Å². The molecule has 0 aliphatic carbocycles. The van der Waals surface area contributed by atoms with Crippen molar-refractivity contribution in [2.45, 2.75) is 0 Å². The summed E-state index contributed by atoms with van der Waals surface area (Å²) in [6, 6.07) is 9.70. The van der Waals surface area contributed by atoms with Crippen LogP contribution in [0.5, 0.6) is 0 Å². The highest BCUT2D eigenvalue weighted by Gasteiger charge is 2.13. The zero-order valence-electron chi connectivity index (χ0n) is 13.1. The molecule has 0 saturated heterocycles. The van der Waals surface area contributed by atoms with Crippen LogP contribution < -0.4 is 5.73 Å². The van der Waals surface area contributed by atoms with E-state index < -0.39 is 0 Å². The fourth-order valence-corrected chi connectivity index (χ4v) is 2.95. The van der Waals surface area contributed by atoms with Gasteiger partial charge in [0, 0.05) is 41.3 Å². The number of pyridine rings is 3. The van der Waals surface area contributed by atoms with E-state index in [1.807, 2.05) is 36.5 Å². The van der Waals surface area contributed by atoms with Crippen molar-refractivity contribution in [2.75, 3.05) is 5.73 Å². The van der Waals surface area contributed by atoms with Gasteiger partial charge in [-0.3, -0.25) is 15.1 Å². The fourth-order valence-electron chi connectivity index (χ4n) is 2.95. The van der Waals surface area contributed by atoms with E-state index in [1.165, 1.54) is 0 Å². The van der Waals surface area contributed by atoms with E-state index in [2.05, 4.69) is 25.1 Å². The molecule has 0 aliphatic heterocycles. The number of hydrogen-bond acceptors (Lipinski definition) is 5. The standard InChI is InChI=1S/C18H13N7/c19-12-5-10(8-21-9-12)13-1-2-15-17(23-13)18(25-24-15)16-6-11-7-20-4-3-14(11)22-16/h1-9,22H,19H2,(H,24,25). The van der Waals surface area contributed by atoms with Gasteiger partial charge in [0.25, 0.3) is 0 Å². The molecule has 5 aromatic rings. The summed E-state index contributed by atoms with van der Waals surface area (Å²) < 4.78 is 0. The van der Waals surface area contributed by atoms with Gasteiger partial charge in [-0.1, -0.05) is 0 Å². The van der Waals surface area contributed by atoms with Gasteiger partial charge in [-0.05, 0) is 30.3 Å². The van der Waals surface area contributed by atoms with Crippen LogP contribution in [0.4, 0.5) is 5.69 Å². The van der Waals surface area contributed by atoms with Gasteiger partial charge in [0.15, 0.2) is 0 Å². The summed E-state index contributed by atoms with van der Waals surface area (Å²) in [7, 11) is 0. The monoisotopic (exact) mass is 327 g/mol. The van der Waals surface area contributed by atoms with Crippen molar-refractivity contribution in [1.82, 2.24) is 30.1 Å². The predicted molar refractivity (Wildman–Crippen MR) is 96.6 cm³/mol. The van der Waals surface area contributed by atoms with Gasteiger partial charge < -0.3 is 10.7 Å². The van der Waals surface area contributed by atoms with Crippen LogP contribution >= 0.6 is 0 Å². The largest absolute Gasteiger partial charge is 0.397 e. The van der Waals surface area contributed by atoms with Gasteiger partial charge in [0.2, 0.25) is 0 Å². The number of H-pyrrole nitrogens is 2. The molecule has 0 amide bonds. The van der Waals surface area contributed by atoms with Crippen LogP contribution in [0.15, 0.2) is 55.1 Å². The number of aromatic amines is 2. The fraction of sp³-hybridized carbons (Fsp3) is 0. The zero-order valence-corrected chi connectivity index (χ0v) is 13.1. The number of aromatic nitrogens is 6. The summed E-state index contributed by atoms with van der Waals surface area (Å²) in [4.78, 5) is 16.4. The maximum atomic E-state index is 5.83. The van der Waals surface area contributed by atoms with Crippen LogP contribution in [0.3, 0.4) is 0 Å². The van der Waals surface area contributed by atoms with Gasteiger partial charge in [0.05, 0.1) is 22.6 Å². The van der Waals surface area contributed by atoms with E-state index in [9.17, 15) is 0 Å². The van der Waals surface area contributed by atoms with E-state index >= 15 is 0 Å². The van der Waals surface area contributed by atoms with Gasteiger partial charge >= 0.3 is 0 Å². The Morgan fingerprint density at radius 2 is 1.88 bits per heavy atom. The SMILES string of the molecule is Nc1cncc(-c2ccc3[nH]nc(-c4cc5cnccc5[nH]4)c3n2)c1. The number of nitrogens with two attached hydrogens (primary N) is 1. The van der Waals surface area contributed by atoms with Gasteiger partial charge in [-0.15, -0.1) is 0 Å². The summed E-state index contributed by atoms with van der Waals surface area (Å²) in [5, 5.41) is 8.50. The summed E-state index contributed by atoms with van der Waals surface area (Å²) in [6.45, 7) is 0. The first kappa shape index (κ1) is 13.7. The molecule has 5 aromatic heterocycles. The number of nitrogens with one attached hydrogen (secondary N) is 2. The molecule has 7 nitrogen and oxygen atoms in total. The van der Waals surface area contributed by atoms with Crippen molar-refractivity contribution < 1.29 is 0 Å². The maximum Gasteiger partial charge on any atom is 0.135 e. The molecule has 0 atom stereocenters. The minimum absolute atomic E-state index is 0.606. The number of nitrogen functional groups attached to an aromatic ring is 1. The van der Waals surface area contributed by atoms with Crippen LogP contribution in [-0.4, -0.2) is 30.1 Å². The first-order valence-electron chi connectivity index (χ1n) is 7.77. The highest BCUT2D eigenvalue weighted by atomic mass is 15.1. The van der Waals surface area contributed by atoms with E-state index in [4.69, 9.17) is 10.7 Å². The summed E-state index contributed by atoms with van der Waals surface area (Å²) in [6.07, 6.45) is 6.94. The molecule has 0 aliphatic rings. The Hall–Kier alpha value is -3.74. The van der Waals surface area contributed by atoms with Gasteiger partial charge in [0.1, 0.15) is 11.2 Å². The van der Waals surface area contributed by atoms with Crippen LogP contribution in [0.25, 0.3) is 44.6 Å². The number of fused-ring (bicyclic) bond motifs is 2. The van der Waals surface area contributed by atoms with Crippen molar-refractivity contribution in [3.05, 3.63) is 55.1 Å². The lowest BCUT2D eigenvalue weighted by Gasteiger charge is -2.02. The summed E-state index contributed by atoms with van der Waals surface area (Å²) in [5.74, 6) is 0. The topological polar surface area (TPSA) is 109 Å². The van der Waals surface area contributed by atoms with E-state index in [1.54, 1.807) is 18.6 Å². The normalized spacial score (nSPS) is 11.4. The number of rotatable bonds is 2. The van der Waals surface area contributed by atoms with E-state index in [0.29, 0.717) is 5.69 Å². The second-order valence-electron chi connectivity index (χ2n) is 5.82. The molecule has 5 heterocycles. The minimum atomic E-state index is 0.606. The first-order chi connectivity index (χ1) is 12.3. The highest BCUT2D eigenvalue weighted by molar-refractivity contribution is 5.94. The summed E-state index contributed by atoms with van der Waals surface area (Å²) in [5.41, 5.74) is 12.4. The molecule has 0 spiro atoms. The number of nitrogens with zero attached hydrogens (tertiary/aromatic N) is 4.